The molecule has 1 unspecified atom stereocenters. The van der Waals surface area contributed by atoms with Gasteiger partial charge in [-0.05, 0) is 25.0 Å². The molecule has 9 heteroatoms. The minimum atomic E-state index is 0. The molecule has 1 aromatic heterocycles. The largest absolute Gasteiger partial charge is 0.496 e. The summed E-state index contributed by atoms with van der Waals surface area (Å²) in [5, 5.41) is 7.48. The molecule has 1 saturated heterocycles. The van der Waals surface area contributed by atoms with Gasteiger partial charge < -0.3 is 19.5 Å². The smallest absolute Gasteiger partial charge is 0.194 e. The molecule has 0 bridgehead atoms. The minimum absolute atomic E-state index is 0. The first-order valence-electron chi connectivity index (χ1n) is 10.6. The normalized spacial score (nSPS) is 16.0. The Morgan fingerprint density at radius 2 is 2.03 bits per heavy atom. The molecule has 0 spiro atoms. The first-order chi connectivity index (χ1) is 14.7. The number of hydrogen-bond donors (Lipinski definition) is 1. The molecule has 0 saturated carbocycles. The number of methoxy groups -OCH3 is 1. The van der Waals surface area contributed by atoms with E-state index in [1.165, 1.54) is 4.90 Å². The molecule has 1 atom stereocenters. The molecule has 1 N–H and O–H groups in total. The number of nitrogens with zero attached hydrogens (tertiary/aromatic N) is 4. The zero-order valence-electron chi connectivity index (χ0n) is 18.6. The summed E-state index contributed by atoms with van der Waals surface area (Å²) in [7, 11) is 1.72. The third-order valence-electron chi connectivity index (χ3n) is 5.03. The Morgan fingerprint density at radius 1 is 1.26 bits per heavy atom. The van der Waals surface area contributed by atoms with Gasteiger partial charge in [0.1, 0.15) is 12.0 Å². The number of piperazine rings is 1. The lowest BCUT2D eigenvalue weighted by molar-refractivity contribution is 0.169. The second-order valence-electron chi connectivity index (χ2n) is 7.52. The van der Waals surface area contributed by atoms with Crippen molar-refractivity contribution in [2.45, 2.75) is 25.3 Å². The zero-order valence-corrected chi connectivity index (χ0v) is 21.8. The van der Waals surface area contributed by atoms with E-state index >= 15 is 0 Å². The fraction of sp³-hybridized carbons (Fsp3) is 0.545. The molecule has 1 aliphatic heterocycles. The summed E-state index contributed by atoms with van der Waals surface area (Å²) in [5.41, 5.74) is 0.991. The fourth-order valence-corrected chi connectivity index (χ4v) is 4.39. The molecule has 172 valence electrons. The molecule has 2 aromatic rings. The summed E-state index contributed by atoms with van der Waals surface area (Å²) in [6, 6.07) is 10.1. The summed E-state index contributed by atoms with van der Waals surface area (Å²) < 4.78 is 10.4. The standard InChI is InChI=1S/C22H33N5O2S.HI/c1-4-23-22(27-12-10-26(11-13-27)16-19-9-14-29-25-19)24-15-18(2)17-30-21-8-6-5-7-20(21)28-3;/h5-9,14,18H,4,10-13,15-17H2,1-3H3,(H,23,24);1H. The van der Waals surface area contributed by atoms with E-state index in [1.54, 1.807) is 13.4 Å². The lowest BCUT2D eigenvalue weighted by Gasteiger charge is -2.36. The summed E-state index contributed by atoms with van der Waals surface area (Å²) >= 11 is 1.83. The zero-order chi connectivity index (χ0) is 21.2. The van der Waals surface area contributed by atoms with Gasteiger partial charge in [0.05, 0.1) is 12.8 Å². The van der Waals surface area contributed by atoms with Crippen LogP contribution in [0.25, 0.3) is 0 Å². The maximum Gasteiger partial charge on any atom is 0.194 e. The summed E-state index contributed by atoms with van der Waals surface area (Å²) in [6.45, 7) is 10.8. The number of guanidine groups is 1. The second kappa shape index (κ2) is 13.8. The van der Waals surface area contributed by atoms with Crippen molar-refractivity contribution in [3.63, 3.8) is 0 Å². The van der Waals surface area contributed by atoms with Crippen LogP contribution < -0.4 is 10.1 Å². The van der Waals surface area contributed by atoms with Crippen molar-refractivity contribution in [1.29, 1.82) is 0 Å². The molecule has 31 heavy (non-hydrogen) atoms. The van der Waals surface area contributed by atoms with Crippen LogP contribution in [0, 0.1) is 5.92 Å². The van der Waals surface area contributed by atoms with Crippen LogP contribution in [-0.4, -0.2) is 73.0 Å². The van der Waals surface area contributed by atoms with Crippen molar-refractivity contribution in [3.8, 4) is 5.75 Å². The molecular weight excluding hydrogens is 525 g/mol. The van der Waals surface area contributed by atoms with E-state index in [0.717, 1.165) is 69.0 Å². The van der Waals surface area contributed by atoms with Crippen LogP contribution in [0.1, 0.15) is 19.5 Å². The van der Waals surface area contributed by atoms with E-state index in [9.17, 15) is 0 Å². The number of halogens is 1. The number of aliphatic imine (C=N–C) groups is 1. The number of aromatic nitrogens is 1. The van der Waals surface area contributed by atoms with Gasteiger partial charge in [-0.2, -0.15) is 0 Å². The monoisotopic (exact) mass is 559 g/mol. The van der Waals surface area contributed by atoms with Crippen LogP contribution in [0.3, 0.4) is 0 Å². The first kappa shape index (κ1) is 25.8. The Bertz CT molecular complexity index is 782. The van der Waals surface area contributed by atoms with Crippen molar-refractivity contribution in [2.75, 3.05) is 52.1 Å². The lowest BCUT2D eigenvalue weighted by atomic mass is 10.2. The molecule has 1 aromatic carbocycles. The van der Waals surface area contributed by atoms with E-state index in [1.807, 2.05) is 30.0 Å². The molecule has 0 amide bonds. The van der Waals surface area contributed by atoms with Crippen LogP contribution >= 0.6 is 35.7 Å². The second-order valence-corrected chi connectivity index (χ2v) is 8.58. The van der Waals surface area contributed by atoms with Crippen molar-refractivity contribution in [2.24, 2.45) is 10.9 Å². The van der Waals surface area contributed by atoms with Crippen LogP contribution in [0.2, 0.25) is 0 Å². The average molecular weight is 560 g/mol. The summed E-state index contributed by atoms with van der Waals surface area (Å²) in [6.07, 6.45) is 1.63. The molecular formula is C22H34IN5O2S. The van der Waals surface area contributed by atoms with Gasteiger partial charge in [-0.1, -0.05) is 24.2 Å². The van der Waals surface area contributed by atoms with Crippen LogP contribution in [0.4, 0.5) is 0 Å². The van der Waals surface area contributed by atoms with Gasteiger partial charge in [-0.25, -0.2) is 0 Å². The maximum atomic E-state index is 5.45. The van der Waals surface area contributed by atoms with Crippen molar-refractivity contribution in [1.82, 2.24) is 20.3 Å². The van der Waals surface area contributed by atoms with Crippen LogP contribution in [-0.2, 0) is 6.54 Å². The molecule has 3 rings (SSSR count). The lowest BCUT2D eigenvalue weighted by Crippen LogP contribution is -2.52. The molecule has 0 radical (unpaired) electrons. The molecule has 1 aliphatic rings. The third-order valence-corrected chi connectivity index (χ3v) is 6.41. The van der Waals surface area contributed by atoms with E-state index in [-0.39, 0.29) is 24.0 Å². The van der Waals surface area contributed by atoms with Gasteiger partial charge in [0.25, 0.3) is 0 Å². The SMILES string of the molecule is CCNC(=NCC(C)CSc1ccccc1OC)N1CCN(Cc2ccon2)CC1.I. The van der Waals surface area contributed by atoms with Crippen molar-refractivity contribution < 1.29 is 9.26 Å². The minimum Gasteiger partial charge on any atom is -0.496 e. The number of ether oxygens (including phenoxy) is 1. The van der Waals surface area contributed by atoms with E-state index in [4.69, 9.17) is 14.3 Å². The van der Waals surface area contributed by atoms with E-state index in [0.29, 0.717) is 5.92 Å². The molecule has 0 aliphatic carbocycles. The summed E-state index contributed by atoms with van der Waals surface area (Å²) in [4.78, 5) is 10.9. The first-order valence-corrected chi connectivity index (χ1v) is 11.6. The number of para-hydroxylation sites is 1. The van der Waals surface area contributed by atoms with Crippen LogP contribution in [0.15, 0.2) is 51.0 Å². The quantitative estimate of drug-likeness (QED) is 0.217. The number of hydrogen-bond acceptors (Lipinski definition) is 6. The van der Waals surface area contributed by atoms with Gasteiger partial charge in [0.2, 0.25) is 0 Å². The molecule has 1 fully saturated rings. The third kappa shape index (κ3) is 8.19. The Morgan fingerprint density at radius 3 is 2.71 bits per heavy atom. The van der Waals surface area contributed by atoms with E-state index in [2.05, 4.69) is 46.3 Å². The maximum absolute atomic E-state index is 5.45. The topological polar surface area (TPSA) is 66.1 Å². The predicted octanol–water partition coefficient (Wildman–Crippen LogP) is 3.81. The van der Waals surface area contributed by atoms with Gasteiger partial charge in [-0.3, -0.25) is 9.89 Å². The van der Waals surface area contributed by atoms with E-state index < -0.39 is 0 Å². The number of thioether (sulfide) groups is 1. The highest BCUT2D eigenvalue weighted by Crippen LogP contribution is 2.30. The molecule has 2 heterocycles. The highest BCUT2D eigenvalue weighted by atomic mass is 127. The number of nitrogens with one attached hydrogen (secondary N) is 1. The molecule has 7 nitrogen and oxygen atoms in total. The highest BCUT2D eigenvalue weighted by molar-refractivity contribution is 14.0. The van der Waals surface area contributed by atoms with Crippen molar-refractivity contribution in [3.05, 3.63) is 42.3 Å². The van der Waals surface area contributed by atoms with Gasteiger partial charge in [0, 0.05) is 62.5 Å². The number of rotatable bonds is 9. The Labute approximate surface area is 207 Å². The fourth-order valence-electron chi connectivity index (χ4n) is 3.36. The van der Waals surface area contributed by atoms with Gasteiger partial charge in [-0.15, -0.1) is 35.7 Å². The van der Waals surface area contributed by atoms with Gasteiger partial charge >= 0.3 is 0 Å². The Balaban J connectivity index is 0.00000341. The average Bonchev–Trinajstić information content (AvgIpc) is 3.29. The number of benzene rings is 1. The van der Waals surface area contributed by atoms with Crippen LogP contribution in [0.5, 0.6) is 5.75 Å². The highest BCUT2D eigenvalue weighted by Gasteiger charge is 2.20. The Hall–Kier alpha value is -1.46. The summed E-state index contributed by atoms with van der Waals surface area (Å²) in [5.74, 6) is 3.44. The Kier molecular flexibility index (Phi) is 11.5. The van der Waals surface area contributed by atoms with Gasteiger partial charge in [0.15, 0.2) is 5.96 Å². The van der Waals surface area contributed by atoms with Crippen molar-refractivity contribution >= 4 is 41.7 Å². The predicted molar refractivity (Wildman–Crippen MR) is 138 cm³/mol.